The minimum absolute atomic E-state index is 0.0898. The lowest BCUT2D eigenvalue weighted by Crippen LogP contribution is -2.47. The SMILES string of the molecule is CC[C@H](C)[C@H](NC(=O)CN)C(=O)O.N[C@@H](Cc1ccc(Cl)c(Cl)c1)C(=O)O. The van der Waals surface area contributed by atoms with Crippen LogP contribution in [-0.4, -0.2) is 46.7 Å². The molecule has 0 heterocycles. The second-order valence-electron chi connectivity index (χ2n) is 5.87. The van der Waals surface area contributed by atoms with Crippen LogP contribution < -0.4 is 16.8 Å². The number of carboxylic acid groups (broad SMARTS) is 2. The van der Waals surface area contributed by atoms with Crippen molar-refractivity contribution in [1.29, 1.82) is 0 Å². The van der Waals surface area contributed by atoms with Crippen LogP contribution in [0.4, 0.5) is 0 Å². The molecule has 3 atom stereocenters. The van der Waals surface area contributed by atoms with Crippen molar-refractivity contribution in [3.8, 4) is 0 Å². The fourth-order valence-electron chi connectivity index (χ4n) is 1.92. The van der Waals surface area contributed by atoms with Gasteiger partial charge in [-0.3, -0.25) is 9.59 Å². The third kappa shape index (κ3) is 9.58. The van der Waals surface area contributed by atoms with Gasteiger partial charge >= 0.3 is 11.9 Å². The molecule has 0 aliphatic carbocycles. The molecule has 1 aromatic rings. The zero-order valence-electron chi connectivity index (χ0n) is 15.1. The first kappa shape index (κ1) is 25.1. The van der Waals surface area contributed by atoms with E-state index in [0.717, 1.165) is 5.56 Å². The topological polar surface area (TPSA) is 156 Å². The van der Waals surface area contributed by atoms with Crippen molar-refractivity contribution >= 4 is 41.0 Å². The zero-order valence-corrected chi connectivity index (χ0v) is 16.6. The molecule has 1 amide bonds. The summed E-state index contributed by atoms with van der Waals surface area (Å²) in [5.41, 5.74) is 11.2. The van der Waals surface area contributed by atoms with Gasteiger partial charge in [0.25, 0.3) is 0 Å². The lowest BCUT2D eigenvalue weighted by molar-refractivity contribution is -0.143. The Labute approximate surface area is 167 Å². The first-order valence-corrected chi connectivity index (χ1v) is 8.93. The van der Waals surface area contributed by atoms with Gasteiger partial charge in [-0.05, 0) is 30.0 Å². The third-order valence-corrected chi connectivity index (χ3v) is 4.48. The first-order chi connectivity index (χ1) is 12.5. The molecule has 0 fully saturated rings. The lowest BCUT2D eigenvalue weighted by atomic mass is 9.99. The van der Waals surface area contributed by atoms with Crippen LogP contribution in [0, 0.1) is 5.92 Å². The minimum atomic E-state index is -1.03. The summed E-state index contributed by atoms with van der Waals surface area (Å²) in [5, 5.41) is 20.5. The molecule has 0 radical (unpaired) electrons. The predicted molar refractivity (Wildman–Crippen MR) is 104 cm³/mol. The second-order valence-corrected chi connectivity index (χ2v) is 6.68. The third-order valence-electron chi connectivity index (χ3n) is 3.74. The standard InChI is InChI=1S/C9H9Cl2NO2.C8H16N2O3/c10-6-2-1-5(3-7(6)11)4-8(12)9(13)14;1-3-5(2)7(8(12)13)10-6(11)4-9/h1-3,8H,4,12H2,(H,13,14);5,7H,3-4,9H2,1-2H3,(H,10,11)(H,12,13)/t8-;5-,7-/m00/s1. The molecule has 0 saturated heterocycles. The van der Waals surface area contributed by atoms with Crippen molar-refractivity contribution in [2.75, 3.05) is 6.54 Å². The number of hydrogen-bond donors (Lipinski definition) is 5. The predicted octanol–water partition coefficient (Wildman–Crippen LogP) is 1.51. The summed E-state index contributed by atoms with van der Waals surface area (Å²) in [5.74, 6) is -2.58. The van der Waals surface area contributed by atoms with Crippen LogP contribution >= 0.6 is 23.2 Å². The largest absolute Gasteiger partial charge is 0.480 e. The Balaban J connectivity index is 0.000000503. The van der Waals surface area contributed by atoms with Crippen LogP contribution in [0.2, 0.25) is 10.0 Å². The van der Waals surface area contributed by atoms with Crippen molar-refractivity contribution in [2.45, 2.75) is 38.8 Å². The average Bonchev–Trinajstić information content (AvgIpc) is 2.62. The number of rotatable bonds is 8. The van der Waals surface area contributed by atoms with Crippen LogP contribution in [0.25, 0.3) is 0 Å². The van der Waals surface area contributed by atoms with Crippen LogP contribution in [0.15, 0.2) is 18.2 Å². The van der Waals surface area contributed by atoms with Gasteiger partial charge in [0, 0.05) is 0 Å². The molecule has 0 bridgehead atoms. The molecule has 0 unspecified atom stereocenters. The summed E-state index contributed by atoms with van der Waals surface area (Å²) >= 11 is 11.5. The van der Waals surface area contributed by atoms with Gasteiger partial charge < -0.3 is 27.0 Å². The Morgan fingerprint density at radius 3 is 2.15 bits per heavy atom. The number of hydrogen-bond acceptors (Lipinski definition) is 5. The zero-order chi connectivity index (χ0) is 21.1. The van der Waals surface area contributed by atoms with E-state index in [1.165, 1.54) is 0 Å². The maximum atomic E-state index is 10.8. The number of amides is 1. The molecule has 10 heteroatoms. The van der Waals surface area contributed by atoms with Crippen LogP contribution in [0.1, 0.15) is 25.8 Å². The highest BCUT2D eigenvalue weighted by atomic mass is 35.5. The molecule has 27 heavy (non-hydrogen) atoms. The van der Waals surface area contributed by atoms with Gasteiger partial charge in [-0.15, -0.1) is 0 Å². The number of halogens is 2. The van der Waals surface area contributed by atoms with Gasteiger partial charge in [0.05, 0.1) is 16.6 Å². The van der Waals surface area contributed by atoms with Crippen LogP contribution in [0.5, 0.6) is 0 Å². The Morgan fingerprint density at radius 2 is 1.74 bits per heavy atom. The van der Waals surface area contributed by atoms with E-state index in [0.29, 0.717) is 16.5 Å². The van der Waals surface area contributed by atoms with E-state index >= 15 is 0 Å². The van der Waals surface area contributed by atoms with Crippen molar-refractivity contribution in [3.63, 3.8) is 0 Å². The van der Waals surface area contributed by atoms with E-state index in [4.69, 9.17) is 44.9 Å². The number of carbonyl (C=O) groups is 3. The van der Waals surface area contributed by atoms with Crippen molar-refractivity contribution < 1.29 is 24.6 Å². The van der Waals surface area contributed by atoms with Gasteiger partial charge in [-0.25, -0.2) is 4.79 Å². The van der Waals surface area contributed by atoms with E-state index in [1.54, 1.807) is 25.1 Å². The number of carboxylic acids is 2. The Hall–Kier alpha value is -1.87. The molecular formula is C17H25Cl2N3O5. The van der Waals surface area contributed by atoms with Gasteiger partial charge in [-0.2, -0.15) is 0 Å². The Bertz CT molecular complexity index is 657. The maximum Gasteiger partial charge on any atom is 0.326 e. The molecular weight excluding hydrogens is 397 g/mol. The van der Waals surface area contributed by atoms with E-state index in [1.807, 2.05) is 6.92 Å². The fraction of sp³-hybridized carbons (Fsp3) is 0.471. The molecule has 7 N–H and O–H groups in total. The summed E-state index contributed by atoms with van der Waals surface area (Å²) < 4.78 is 0. The highest BCUT2D eigenvalue weighted by Crippen LogP contribution is 2.23. The van der Waals surface area contributed by atoms with Crippen molar-refractivity contribution in [2.24, 2.45) is 17.4 Å². The summed E-state index contributed by atoms with van der Waals surface area (Å²) in [6, 6.07) is 3.20. The highest BCUT2D eigenvalue weighted by Gasteiger charge is 2.24. The van der Waals surface area contributed by atoms with Crippen molar-refractivity contribution in [3.05, 3.63) is 33.8 Å². The minimum Gasteiger partial charge on any atom is -0.480 e. The summed E-state index contributed by atoms with van der Waals surface area (Å²) in [7, 11) is 0. The number of nitrogens with one attached hydrogen (secondary N) is 1. The molecule has 0 saturated carbocycles. The summed E-state index contributed by atoms with van der Waals surface area (Å²) in [6.45, 7) is 3.46. The van der Waals surface area contributed by atoms with Gasteiger partial charge in [0.1, 0.15) is 12.1 Å². The summed E-state index contributed by atoms with van der Waals surface area (Å²) in [6.07, 6.45) is 0.939. The Kier molecular flexibility index (Phi) is 11.6. The molecule has 152 valence electrons. The van der Waals surface area contributed by atoms with Gasteiger partial charge in [0.2, 0.25) is 5.91 Å². The molecule has 0 aliphatic rings. The maximum absolute atomic E-state index is 10.8. The average molecular weight is 422 g/mol. The first-order valence-electron chi connectivity index (χ1n) is 8.17. The molecule has 0 aliphatic heterocycles. The van der Waals surface area contributed by atoms with E-state index in [2.05, 4.69) is 5.32 Å². The molecule has 8 nitrogen and oxygen atoms in total. The monoisotopic (exact) mass is 421 g/mol. The smallest absolute Gasteiger partial charge is 0.326 e. The number of carbonyl (C=O) groups excluding carboxylic acids is 1. The van der Waals surface area contributed by atoms with Gasteiger partial charge in [-0.1, -0.05) is 49.5 Å². The van der Waals surface area contributed by atoms with Crippen molar-refractivity contribution in [1.82, 2.24) is 5.32 Å². The lowest BCUT2D eigenvalue weighted by Gasteiger charge is -2.19. The number of nitrogens with two attached hydrogens (primary N) is 2. The molecule has 1 rings (SSSR count). The Morgan fingerprint density at radius 1 is 1.15 bits per heavy atom. The molecule has 0 spiro atoms. The quantitative estimate of drug-likeness (QED) is 0.425. The molecule has 0 aromatic heterocycles. The van der Waals surface area contributed by atoms with Crippen LogP contribution in [0.3, 0.4) is 0 Å². The highest BCUT2D eigenvalue weighted by molar-refractivity contribution is 6.42. The van der Waals surface area contributed by atoms with E-state index in [9.17, 15) is 14.4 Å². The summed E-state index contributed by atoms with van der Waals surface area (Å²) in [4.78, 5) is 32.0. The second kappa shape index (κ2) is 12.5. The van der Waals surface area contributed by atoms with Crippen LogP contribution in [-0.2, 0) is 20.8 Å². The van der Waals surface area contributed by atoms with E-state index in [-0.39, 0.29) is 18.9 Å². The fourth-order valence-corrected chi connectivity index (χ4v) is 2.24. The van der Waals surface area contributed by atoms with E-state index < -0.39 is 29.9 Å². The van der Waals surface area contributed by atoms with Gasteiger partial charge in [0.15, 0.2) is 0 Å². The molecule has 1 aromatic carbocycles. The number of benzene rings is 1. The normalized spacial score (nSPS) is 13.6. The number of aliphatic carboxylic acids is 2.